The maximum atomic E-state index is 12.9. The van der Waals surface area contributed by atoms with Crippen LogP contribution in [0.15, 0.2) is 42.5 Å². The van der Waals surface area contributed by atoms with Gasteiger partial charge in [-0.05, 0) is 49.6 Å². The van der Waals surface area contributed by atoms with Crippen LogP contribution in [0.5, 0.6) is 0 Å². The van der Waals surface area contributed by atoms with Gasteiger partial charge in [-0.2, -0.15) is 0 Å². The van der Waals surface area contributed by atoms with Gasteiger partial charge in [0.2, 0.25) is 10.0 Å². The number of anilines is 2. The van der Waals surface area contributed by atoms with E-state index in [0.29, 0.717) is 24.3 Å². The number of nitrogens with zero attached hydrogens (tertiary/aromatic N) is 1. The van der Waals surface area contributed by atoms with E-state index in [1.165, 1.54) is 18.2 Å². The third-order valence-electron chi connectivity index (χ3n) is 4.56. The molecule has 0 bridgehead atoms. The Labute approximate surface area is 175 Å². The molecule has 0 atom stereocenters. The fourth-order valence-corrected chi connectivity index (χ4v) is 3.97. The number of nitrogens with one attached hydrogen (secondary N) is 2. The fourth-order valence-electron chi connectivity index (χ4n) is 3.21. The van der Waals surface area contributed by atoms with Gasteiger partial charge in [0.1, 0.15) is 0 Å². The Kier molecular flexibility index (Phi) is 6.44. The predicted octanol–water partition coefficient (Wildman–Crippen LogP) is 3.59. The number of halogens is 1. The van der Waals surface area contributed by atoms with Gasteiger partial charge in [-0.25, -0.2) is 8.42 Å². The van der Waals surface area contributed by atoms with Crippen LogP contribution < -0.4 is 10.0 Å². The molecule has 0 aliphatic carbocycles. The lowest BCUT2D eigenvalue weighted by molar-refractivity contribution is 0.0725. The molecule has 2 amide bonds. The van der Waals surface area contributed by atoms with E-state index in [-0.39, 0.29) is 22.2 Å². The van der Waals surface area contributed by atoms with Crippen molar-refractivity contribution in [2.45, 2.75) is 19.3 Å². The smallest absolute Gasteiger partial charge is 0.257 e. The molecule has 2 aromatic carbocycles. The van der Waals surface area contributed by atoms with Crippen molar-refractivity contribution in [3.63, 3.8) is 0 Å². The van der Waals surface area contributed by atoms with E-state index in [4.69, 9.17) is 11.6 Å². The van der Waals surface area contributed by atoms with Crippen LogP contribution in [0.4, 0.5) is 11.4 Å². The second-order valence-corrected chi connectivity index (χ2v) is 9.08. The van der Waals surface area contributed by atoms with Crippen molar-refractivity contribution in [2.75, 3.05) is 29.4 Å². The molecule has 0 unspecified atom stereocenters. The first-order valence-corrected chi connectivity index (χ1v) is 11.5. The minimum atomic E-state index is -3.50. The largest absolute Gasteiger partial charge is 0.339 e. The predicted molar refractivity (Wildman–Crippen MR) is 114 cm³/mol. The highest BCUT2D eigenvalue weighted by Crippen LogP contribution is 2.25. The second-order valence-electron chi connectivity index (χ2n) is 6.92. The highest BCUT2D eigenvalue weighted by atomic mass is 35.5. The van der Waals surface area contributed by atoms with Crippen molar-refractivity contribution >= 4 is 44.8 Å². The monoisotopic (exact) mass is 435 g/mol. The van der Waals surface area contributed by atoms with Gasteiger partial charge in [0.15, 0.2) is 0 Å². The number of hydrogen-bond acceptors (Lipinski definition) is 4. The molecule has 0 radical (unpaired) electrons. The Hall–Kier alpha value is -2.58. The van der Waals surface area contributed by atoms with Gasteiger partial charge in [-0.1, -0.05) is 23.7 Å². The van der Waals surface area contributed by atoms with Crippen LogP contribution in [0, 0.1) is 0 Å². The molecule has 29 heavy (non-hydrogen) atoms. The summed E-state index contributed by atoms with van der Waals surface area (Å²) in [6.07, 6.45) is 4.06. The lowest BCUT2D eigenvalue weighted by Gasteiger charge is -2.27. The van der Waals surface area contributed by atoms with Crippen molar-refractivity contribution in [3.05, 3.63) is 58.6 Å². The number of amides is 2. The van der Waals surface area contributed by atoms with Crippen LogP contribution in [-0.2, 0) is 10.0 Å². The van der Waals surface area contributed by atoms with Crippen molar-refractivity contribution in [1.29, 1.82) is 0 Å². The van der Waals surface area contributed by atoms with E-state index in [9.17, 15) is 18.0 Å². The maximum Gasteiger partial charge on any atom is 0.257 e. The second kappa shape index (κ2) is 8.84. The summed E-state index contributed by atoms with van der Waals surface area (Å²) < 4.78 is 25.2. The molecule has 3 rings (SSSR count). The number of likely N-dealkylation sites (tertiary alicyclic amines) is 1. The third kappa shape index (κ3) is 5.48. The molecule has 0 spiro atoms. The van der Waals surface area contributed by atoms with Crippen LogP contribution in [0.3, 0.4) is 0 Å². The molecule has 7 nitrogen and oxygen atoms in total. The summed E-state index contributed by atoms with van der Waals surface area (Å²) in [5.74, 6) is -0.662. The number of rotatable bonds is 5. The number of hydrogen-bond donors (Lipinski definition) is 2. The summed E-state index contributed by atoms with van der Waals surface area (Å²) in [4.78, 5) is 27.5. The van der Waals surface area contributed by atoms with Crippen molar-refractivity contribution in [1.82, 2.24) is 4.90 Å². The number of carbonyl (C=O) groups excluding carboxylic acids is 2. The summed E-state index contributed by atoms with van der Waals surface area (Å²) in [7, 11) is -3.50. The SMILES string of the molecule is CS(=O)(=O)Nc1ccc(Cl)c(C(=O)Nc2ccccc2C(=O)N2CCCCC2)c1. The minimum absolute atomic E-state index is 0.0977. The van der Waals surface area contributed by atoms with Gasteiger partial charge in [0.05, 0.1) is 28.1 Å². The van der Waals surface area contributed by atoms with Gasteiger partial charge in [-0.15, -0.1) is 0 Å². The van der Waals surface area contributed by atoms with Gasteiger partial charge >= 0.3 is 0 Å². The van der Waals surface area contributed by atoms with Crippen molar-refractivity contribution < 1.29 is 18.0 Å². The van der Waals surface area contributed by atoms with Crippen LogP contribution in [0.2, 0.25) is 5.02 Å². The molecular formula is C20H22ClN3O4S. The Morgan fingerprint density at radius 1 is 1.00 bits per heavy atom. The number of piperidine rings is 1. The van der Waals surface area contributed by atoms with E-state index >= 15 is 0 Å². The number of para-hydroxylation sites is 1. The Bertz CT molecular complexity index is 1030. The van der Waals surface area contributed by atoms with E-state index in [2.05, 4.69) is 10.0 Å². The summed E-state index contributed by atoms with van der Waals surface area (Å²) >= 11 is 6.14. The topological polar surface area (TPSA) is 95.6 Å². The molecule has 9 heteroatoms. The maximum absolute atomic E-state index is 12.9. The molecule has 2 aromatic rings. The molecular weight excluding hydrogens is 414 g/mol. The van der Waals surface area contributed by atoms with Crippen LogP contribution in [-0.4, -0.2) is 44.5 Å². The van der Waals surface area contributed by atoms with Crippen LogP contribution in [0.25, 0.3) is 0 Å². The normalized spacial score (nSPS) is 14.3. The molecule has 2 N–H and O–H groups in total. The van der Waals surface area contributed by atoms with E-state index in [0.717, 1.165) is 25.5 Å². The van der Waals surface area contributed by atoms with Crippen molar-refractivity contribution in [3.8, 4) is 0 Å². The molecule has 1 aliphatic heterocycles. The molecule has 154 valence electrons. The van der Waals surface area contributed by atoms with Crippen LogP contribution in [0.1, 0.15) is 40.0 Å². The van der Waals surface area contributed by atoms with E-state index in [1.54, 1.807) is 29.2 Å². The summed E-state index contributed by atoms with van der Waals surface area (Å²) in [5.41, 5.74) is 1.11. The standard InChI is InChI=1S/C20H22ClN3O4S/c1-29(27,28)23-14-9-10-17(21)16(13-14)19(25)22-18-8-4-3-7-15(18)20(26)24-11-5-2-6-12-24/h3-4,7-10,13,23H,2,5-6,11-12H2,1H3,(H,22,25). The zero-order valence-electron chi connectivity index (χ0n) is 15.9. The van der Waals surface area contributed by atoms with Gasteiger partial charge in [0.25, 0.3) is 11.8 Å². The number of benzene rings is 2. The first kappa shape index (κ1) is 21.1. The quantitative estimate of drug-likeness (QED) is 0.750. The van der Waals surface area contributed by atoms with Crippen molar-refractivity contribution in [2.24, 2.45) is 0 Å². The first-order valence-electron chi connectivity index (χ1n) is 9.21. The molecule has 0 aromatic heterocycles. The Morgan fingerprint density at radius 3 is 2.38 bits per heavy atom. The number of carbonyl (C=O) groups is 2. The molecule has 1 heterocycles. The summed E-state index contributed by atoms with van der Waals surface area (Å²) in [6.45, 7) is 1.40. The van der Waals surface area contributed by atoms with Gasteiger partial charge in [0, 0.05) is 18.8 Å². The average Bonchev–Trinajstić information content (AvgIpc) is 2.69. The highest BCUT2D eigenvalue weighted by Gasteiger charge is 2.22. The molecule has 1 saturated heterocycles. The third-order valence-corrected chi connectivity index (χ3v) is 5.50. The van der Waals surface area contributed by atoms with E-state index in [1.807, 2.05) is 0 Å². The molecule has 0 saturated carbocycles. The molecule has 1 fully saturated rings. The average molecular weight is 436 g/mol. The Balaban J connectivity index is 1.84. The first-order chi connectivity index (χ1) is 13.7. The molecule has 1 aliphatic rings. The zero-order valence-corrected chi connectivity index (χ0v) is 17.5. The lowest BCUT2D eigenvalue weighted by atomic mass is 10.1. The lowest BCUT2D eigenvalue weighted by Crippen LogP contribution is -2.36. The zero-order chi connectivity index (χ0) is 21.0. The summed E-state index contributed by atoms with van der Waals surface area (Å²) in [5, 5.41) is 2.90. The fraction of sp³-hybridized carbons (Fsp3) is 0.300. The highest BCUT2D eigenvalue weighted by molar-refractivity contribution is 7.92. The summed E-state index contributed by atoms with van der Waals surface area (Å²) in [6, 6.07) is 11.1. The minimum Gasteiger partial charge on any atom is -0.339 e. The van der Waals surface area contributed by atoms with Gasteiger partial charge in [-0.3, -0.25) is 14.3 Å². The van der Waals surface area contributed by atoms with Gasteiger partial charge < -0.3 is 10.2 Å². The Morgan fingerprint density at radius 2 is 1.69 bits per heavy atom. The van der Waals surface area contributed by atoms with Crippen LogP contribution >= 0.6 is 11.6 Å². The number of sulfonamides is 1. The van der Waals surface area contributed by atoms with E-state index < -0.39 is 15.9 Å².